The van der Waals surface area contributed by atoms with Gasteiger partial charge in [-0.1, -0.05) is 6.92 Å². The van der Waals surface area contributed by atoms with Gasteiger partial charge < -0.3 is 5.32 Å². The number of alkyl halides is 3. The zero-order valence-corrected chi connectivity index (χ0v) is 15.7. The van der Waals surface area contributed by atoms with E-state index in [1.807, 2.05) is 0 Å². The van der Waals surface area contributed by atoms with E-state index in [0.717, 1.165) is 36.4 Å². The molecule has 2 N–H and O–H groups in total. The lowest BCUT2D eigenvalue weighted by molar-refractivity contribution is -0.137. The summed E-state index contributed by atoms with van der Waals surface area (Å²) in [4.78, 5) is 12.1. The first-order valence-electron chi connectivity index (χ1n) is 8.18. The first-order chi connectivity index (χ1) is 13.5. The van der Waals surface area contributed by atoms with Gasteiger partial charge >= 0.3 is 6.18 Å². The number of benzene rings is 2. The Hall–Kier alpha value is -2.97. The summed E-state index contributed by atoms with van der Waals surface area (Å²) in [5.41, 5.74) is -2.09. The van der Waals surface area contributed by atoms with Crippen LogP contribution in [0.4, 0.5) is 23.2 Å². The standard InChI is InChI=1S/C18H15F4N3O3S/c1-2-16(25-29(27,28)14-7-4-12(19)5-8-14)17(26)24-13-6-3-11(10-23)15(9-13)18(20,21)22/h3-9,16,25H,2H2,1H3,(H,24,26). The second-order valence-electron chi connectivity index (χ2n) is 5.90. The van der Waals surface area contributed by atoms with Crippen molar-refractivity contribution in [3.05, 3.63) is 59.4 Å². The summed E-state index contributed by atoms with van der Waals surface area (Å²) >= 11 is 0. The highest BCUT2D eigenvalue weighted by Gasteiger charge is 2.34. The van der Waals surface area contributed by atoms with Crippen molar-refractivity contribution in [3.8, 4) is 6.07 Å². The van der Waals surface area contributed by atoms with Gasteiger partial charge in [-0.2, -0.15) is 23.2 Å². The summed E-state index contributed by atoms with van der Waals surface area (Å²) in [6, 6.07) is 6.62. The van der Waals surface area contributed by atoms with Crippen LogP contribution in [0.2, 0.25) is 0 Å². The summed E-state index contributed by atoms with van der Waals surface area (Å²) in [6.45, 7) is 1.50. The van der Waals surface area contributed by atoms with Crippen molar-refractivity contribution < 1.29 is 30.8 Å². The van der Waals surface area contributed by atoms with Crippen LogP contribution in [-0.4, -0.2) is 20.4 Å². The fourth-order valence-corrected chi connectivity index (χ4v) is 3.65. The average Bonchev–Trinajstić information content (AvgIpc) is 2.65. The number of halogens is 4. The highest BCUT2D eigenvalue weighted by molar-refractivity contribution is 7.89. The minimum Gasteiger partial charge on any atom is -0.325 e. The number of nitriles is 1. The molecule has 0 aliphatic rings. The molecule has 0 bridgehead atoms. The van der Waals surface area contributed by atoms with Gasteiger partial charge in [-0.05, 0) is 48.9 Å². The van der Waals surface area contributed by atoms with Gasteiger partial charge in [0.15, 0.2) is 0 Å². The summed E-state index contributed by atoms with van der Waals surface area (Å²) in [7, 11) is -4.17. The predicted octanol–water partition coefficient (Wildman–Crippen LogP) is 3.41. The number of nitrogens with one attached hydrogen (secondary N) is 2. The molecule has 0 aliphatic heterocycles. The van der Waals surface area contributed by atoms with Crippen LogP contribution in [0.1, 0.15) is 24.5 Å². The van der Waals surface area contributed by atoms with Crippen LogP contribution in [0.5, 0.6) is 0 Å². The molecule has 0 aromatic heterocycles. The highest BCUT2D eigenvalue weighted by Crippen LogP contribution is 2.33. The smallest absolute Gasteiger partial charge is 0.325 e. The number of nitrogens with zero attached hydrogens (tertiary/aromatic N) is 1. The lowest BCUT2D eigenvalue weighted by Crippen LogP contribution is -2.43. The van der Waals surface area contributed by atoms with Gasteiger partial charge in [0.25, 0.3) is 0 Å². The van der Waals surface area contributed by atoms with E-state index in [4.69, 9.17) is 5.26 Å². The molecule has 0 aliphatic carbocycles. The Kier molecular flexibility index (Phi) is 6.61. The third kappa shape index (κ3) is 5.52. The minimum atomic E-state index is -4.81. The molecule has 0 spiro atoms. The van der Waals surface area contributed by atoms with Crippen LogP contribution >= 0.6 is 0 Å². The number of rotatable bonds is 6. The molecule has 154 valence electrons. The number of anilines is 1. The first kappa shape index (κ1) is 22.3. The van der Waals surface area contributed by atoms with E-state index in [2.05, 4.69) is 10.0 Å². The maximum Gasteiger partial charge on any atom is 0.417 e. The van der Waals surface area contributed by atoms with E-state index in [1.165, 1.54) is 13.0 Å². The monoisotopic (exact) mass is 429 g/mol. The van der Waals surface area contributed by atoms with Crippen LogP contribution in [0.15, 0.2) is 47.4 Å². The van der Waals surface area contributed by atoms with Crippen molar-refractivity contribution in [3.63, 3.8) is 0 Å². The van der Waals surface area contributed by atoms with Gasteiger partial charge in [-0.3, -0.25) is 4.79 Å². The first-order valence-corrected chi connectivity index (χ1v) is 9.66. The molecular weight excluding hydrogens is 414 g/mol. The summed E-state index contributed by atoms with van der Waals surface area (Å²) in [5, 5.41) is 11.0. The normalized spacial score (nSPS) is 12.8. The number of hydrogen-bond acceptors (Lipinski definition) is 4. The quantitative estimate of drug-likeness (QED) is 0.688. The van der Waals surface area contributed by atoms with Crippen LogP contribution in [-0.2, 0) is 21.0 Å². The summed E-state index contributed by atoms with van der Waals surface area (Å²) < 4.78 is 78.9. The number of hydrogen-bond donors (Lipinski definition) is 2. The van der Waals surface area contributed by atoms with Crippen LogP contribution in [0.3, 0.4) is 0 Å². The fraction of sp³-hybridized carbons (Fsp3) is 0.222. The number of sulfonamides is 1. The Bertz CT molecular complexity index is 1050. The van der Waals surface area contributed by atoms with E-state index < -0.39 is 45.1 Å². The van der Waals surface area contributed by atoms with Crippen molar-refractivity contribution in [2.24, 2.45) is 0 Å². The molecule has 2 rings (SSSR count). The van der Waals surface area contributed by atoms with E-state index >= 15 is 0 Å². The number of amides is 1. The van der Waals surface area contributed by atoms with Gasteiger partial charge in [-0.15, -0.1) is 0 Å². The average molecular weight is 429 g/mol. The molecular formula is C18H15F4N3O3S. The molecule has 2 aromatic carbocycles. The number of carbonyl (C=O) groups excluding carboxylic acids is 1. The molecule has 1 atom stereocenters. The van der Waals surface area contributed by atoms with Crippen LogP contribution in [0.25, 0.3) is 0 Å². The van der Waals surface area contributed by atoms with Crippen molar-refractivity contribution in [1.29, 1.82) is 5.26 Å². The third-order valence-corrected chi connectivity index (χ3v) is 5.35. The van der Waals surface area contributed by atoms with Crippen molar-refractivity contribution in [1.82, 2.24) is 4.72 Å². The van der Waals surface area contributed by atoms with Crippen molar-refractivity contribution >= 4 is 21.6 Å². The van der Waals surface area contributed by atoms with E-state index in [1.54, 1.807) is 0 Å². The van der Waals surface area contributed by atoms with Gasteiger partial charge in [0.2, 0.25) is 15.9 Å². The van der Waals surface area contributed by atoms with E-state index in [0.29, 0.717) is 6.07 Å². The lowest BCUT2D eigenvalue weighted by atomic mass is 10.1. The van der Waals surface area contributed by atoms with Gasteiger partial charge in [-0.25, -0.2) is 12.8 Å². The maximum absolute atomic E-state index is 13.0. The van der Waals surface area contributed by atoms with E-state index in [9.17, 15) is 30.8 Å². The molecule has 0 saturated heterocycles. The topological polar surface area (TPSA) is 99.1 Å². The highest BCUT2D eigenvalue weighted by atomic mass is 32.2. The number of carbonyl (C=O) groups is 1. The SMILES string of the molecule is CCC(NS(=O)(=O)c1ccc(F)cc1)C(=O)Nc1ccc(C#N)c(C(F)(F)F)c1. The molecule has 1 unspecified atom stereocenters. The zero-order chi connectivity index (χ0) is 21.8. The predicted molar refractivity (Wildman–Crippen MR) is 95.6 cm³/mol. The molecule has 6 nitrogen and oxygen atoms in total. The van der Waals surface area contributed by atoms with Crippen molar-refractivity contribution in [2.45, 2.75) is 30.5 Å². The fourth-order valence-electron chi connectivity index (χ4n) is 2.37. The second kappa shape index (κ2) is 8.59. The molecule has 29 heavy (non-hydrogen) atoms. The van der Waals surface area contributed by atoms with Crippen molar-refractivity contribution in [2.75, 3.05) is 5.32 Å². The Morgan fingerprint density at radius 2 is 1.79 bits per heavy atom. The van der Waals surface area contributed by atoms with Crippen LogP contribution < -0.4 is 10.0 Å². The van der Waals surface area contributed by atoms with E-state index in [-0.39, 0.29) is 17.0 Å². The summed E-state index contributed by atoms with van der Waals surface area (Å²) in [6.07, 6.45) is -4.81. The Morgan fingerprint density at radius 3 is 2.31 bits per heavy atom. The largest absolute Gasteiger partial charge is 0.417 e. The van der Waals surface area contributed by atoms with Gasteiger partial charge in [0.1, 0.15) is 11.9 Å². The molecule has 0 fully saturated rings. The molecule has 0 saturated carbocycles. The molecule has 0 radical (unpaired) electrons. The summed E-state index contributed by atoms with van der Waals surface area (Å²) in [5.74, 6) is -1.54. The Morgan fingerprint density at radius 1 is 1.17 bits per heavy atom. The Labute approximate surface area is 164 Å². The third-order valence-electron chi connectivity index (χ3n) is 3.86. The molecule has 11 heteroatoms. The minimum absolute atomic E-state index is 0.00529. The van der Waals surface area contributed by atoms with Gasteiger partial charge in [0, 0.05) is 5.69 Å². The Balaban J connectivity index is 2.22. The maximum atomic E-state index is 13.0. The second-order valence-corrected chi connectivity index (χ2v) is 7.61. The van der Waals surface area contributed by atoms with Gasteiger partial charge in [0.05, 0.1) is 22.1 Å². The lowest BCUT2D eigenvalue weighted by Gasteiger charge is -2.18. The molecule has 1 amide bonds. The molecule has 0 heterocycles. The zero-order valence-electron chi connectivity index (χ0n) is 14.9. The van der Waals surface area contributed by atoms with Crippen LogP contribution in [0, 0.1) is 17.1 Å². The molecule has 2 aromatic rings.